The third-order valence-electron chi connectivity index (χ3n) is 3.48. The van der Waals surface area contributed by atoms with Crippen LogP contribution in [0.2, 0.25) is 0 Å². The van der Waals surface area contributed by atoms with E-state index in [1.54, 1.807) is 14.2 Å². The maximum absolute atomic E-state index is 5.26. The van der Waals surface area contributed by atoms with E-state index in [0.717, 1.165) is 32.5 Å². The van der Waals surface area contributed by atoms with E-state index >= 15 is 0 Å². The van der Waals surface area contributed by atoms with E-state index < -0.39 is 0 Å². The molecule has 0 saturated heterocycles. The van der Waals surface area contributed by atoms with Crippen molar-refractivity contribution in [3.8, 4) is 0 Å². The van der Waals surface area contributed by atoms with Crippen LogP contribution in [0.15, 0.2) is 0 Å². The molecule has 5 heteroatoms. The quantitative estimate of drug-likeness (QED) is 0.667. The number of hydrogen-bond donors (Lipinski definition) is 1. The molecule has 1 unspecified atom stereocenters. The molecule has 1 N–H and O–H groups in total. The van der Waals surface area contributed by atoms with Gasteiger partial charge in [0.05, 0.1) is 24.9 Å². The Morgan fingerprint density at radius 3 is 2.50 bits per heavy atom. The molecule has 1 heterocycles. The van der Waals surface area contributed by atoms with E-state index in [9.17, 15) is 0 Å². The first kappa shape index (κ1) is 17.1. The van der Waals surface area contributed by atoms with Crippen LogP contribution in [-0.2, 0) is 28.9 Å². The van der Waals surface area contributed by atoms with Gasteiger partial charge >= 0.3 is 0 Å². The lowest BCUT2D eigenvalue weighted by Gasteiger charge is -2.15. The number of hydrogen-bond acceptors (Lipinski definition) is 4. The van der Waals surface area contributed by atoms with Gasteiger partial charge in [-0.2, -0.15) is 5.10 Å². The average Bonchev–Trinajstić information content (AvgIpc) is 2.81. The number of aryl methyl sites for hydroxylation is 1. The Hall–Kier alpha value is -0.910. The zero-order valence-electron chi connectivity index (χ0n) is 13.5. The molecule has 0 aromatic carbocycles. The van der Waals surface area contributed by atoms with Crippen molar-refractivity contribution in [2.24, 2.45) is 0 Å². The van der Waals surface area contributed by atoms with E-state index in [1.807, 2.05) is 0 Å². The van der Waals surface area contributed by atoms with Crippen molar-refractivity contribution in [2.75, 3.05) is 34.0 Å². The molecule has 0 bridgehead atoms. The van der Waals surface area contributed by atoms with Gasteiger partial charge in [-0.15, -0.1) is 0 Å². The number of rotatable bonds is 10. The molecule has 1 rings (SSSR count). The molecule has 0 radical (unpaired) electrons. The maximum Gasteiger partial charge on any atom is 0.0727 e. The molecule has 1 aromatic rings. The summed E-state index contributed by atoms with van der Waals surface area (Å²) in [6.45, 7) is 9.64. The summed E-state index contributed by atoms with van der Waals surface area (Å²) in [5.74, 6) is 0. The summed E-state index contributed by atoms with van der Waals surface area (Å²) in [7, 11) is 3.46. The highest BCUT2D eigenvalue weighted by atomic mass is 16.5. The van der Waals surface area contributed by atoms with Gasteiger partial charge in [0.15, 0.2) is 0 Å². The van der Waals surface area contributed by atoms with Gasteiger partial charge in [0, 0.05) is 38.6 Å². The second-order valence-electron chi connectivity index (χ2n) is 5.00. The third-order valence-corrected chi connectivity index (χ3v) is 3.48. The van der Waals surface area contributed by atoms with Crippen LogP contribution in [0.3, 0.4) is 0 Å². The number of ether oxygens (including phenoxy) is 2. The minimum Gasteiger partial charge on any atom is -0.383 e. The molecule has 20 heavy (non-hydrogen) atoms. The predicted octanol–water partition coefficient (Wildman–Crippen LogP) is 1.95. The lowest BCUT2D eigenvalue weighted by molar-refractivity contribution is 0.155. The summed E-state index contributed by atoms with van der Waals surface area (Å²) in [5, 5.41) is 8.21. The van der Waals surface area contributed by atoms with E-state index in [4.69, 9.17) is 14.6 Å². The monoisotopic (exact) mass is 283 g/mol. The fraction of sp³-hybridized carbons (Fsp3) is 0.800. The van der Waals surface area contributed by atoms with Crippen LogP contribution in [0.5, 0.6) is 0 Å². The van der Waals surface area contributed by atoms with Gasteiger partial charge in [0.1, 0.15) is 0 Å². The van der Waals surface area contributed by atoms with Crippen LogP contribution in [0, 0.1) is 0 Å². The fourth-order valence-electron chi connectivity index (χ4n) is 2.48. The minimum atomic E-state index is 0.271. The zero-order chi connectivity index (χ0) is 15.0. The van der Waals surface area contributed by atoms with E-state index in [2.05, 4.69) is 30.8 Å². The average molecular weight is 283 g/mol. The Balaban J connectivity index is 2.89. The molecule has 0 spiro atoms. The summed E-state index contributed by atoms with van der Waals surface area (Å²) in [6, 6.07) is 0.271. The van der Waals surface area contributed by atoms with Crippen LogP contribution in [0.25, 0.3) is 0 Å². The van der Waals surface area contributed by atoms with Gasteiger partial charge in [0.2, 0.25) is 0 Å². The molecule has 0 saturated carbocycles. The van der Waals surface area contributed by atoms with E-state index in [-0.39, 0.29) is 6.04 Å². The highest BCUT2D eigenvalue weighted by molar-refractivity contribution is 5.27. The topological polar surface area (TPSA) is 48.3 Å². The van der Waals surface area contributed by atoms with Crippen molar-refractivity contribution in [3.63, 3.8) is 0 Å². The molecule has 1 aromatic heterocycles. The molecular weight excluding hydrogens is 254 g/mol. The molecule has 5 nitrogen and oxygen atoms in total. The second-order valence-corrected chi connectivity index (χ2v) is 5.00. The summed E-state index contributed by atoms with van der Waals surface area (Å²) in [5.41, 5.74) is 3.85. The van der Waals surface area contributed by atoms with Gasteiger partial charge in [-0.3, -0.25) is 4.68 Å². The first-order valence-electron chi connectivity index (χ1n) is 7.47. The summed E-state index contributed by atoms with van der Waals surface area (Å²) in [6.07, 6.45) is 1.95. The summed E-state index contributed by atoms with van der Waals surface area (Å²) >= 11 is 0. The molecule has 1 atom stereocenters. The van der Waals surface area contributed by atoms with Gasteiger partial charge in [-0.25, -0.2) is 0 Å². The number of aromatic nitrogens is 2. The molecular formula is C15H29N3O2. The van der Waals surface area contributed by atoms with Gasteiger partial charge < -0.3 is 14.8 Å². The molecule has 0 aliphatic carbocycles. The predicted molar refractivity (Wildman–Crippen MR) is 81.2 cm³/mol. The second kappa shape index (κ2) is 9.10. The normalized spacial score (nSPS) is 12.8. The lowest BCUT2D eigenvalue weighted by atomic mass is 10.1. The van der Waals surface area contributed by atoms with Crippen LogP contribution in [0.1, 0.15) is 43.8 Å². The third kappa shape index (κ3) is 4.30. The highest BCUT2D eigenvalue weighted by Crippen LogP contribution is 2.20. The van der Waals surface area contributed by atoms with Gasteiger partial charge in [-0.1, -0.05) is 13.8 Å². The van der Waals surface area contributed by atoms with Crippen molar-refractivity contribution in [1.82, 2.24) is 15.1 Å². The van der Waals surface area contributed by atoms with Crippen LogP contribution < -0.4 is 5.32 Å². The lowest BCUT2D eigenvalue weighted by Crippen LogP contribution is -2.20. The van der Waals surface area contributed by atoms with Crippen LogP contribution in [-0.4, -0.2) is 43.8 Å². The molecule has 0 fully saturated rings. The Morgan fingerprint density at radius 2 is 1.95 bits per heavy atom. The smallest absolute Gasteiger partial charge is 0.0727 e. The summed E-state index contributed by atoms with van der Waals surface area (Å²) < 4.78 is 12.5. The number of methoxy groups -OCH3 is 2. The Kier molecular flexibility index (Phi) is 7.80. The van der Waals surface area contributed by atoms with E-state index in [0.29, 0.717) is 6.61 Å². The first-order valence-corrected chi connectivity index (χ1v) is 7.47. The van der Waals surface area contributed by atoms with Crippen molar-refractivity contribution >= 4 is 0 Å². The standard InChI is InChI=1S/C15H29N3O2/c1-6-14-13(10-16-8-9-19-4)15(7-2)18(17-14)12(3)11-20-5/h12,16H,6-11H2,1-5H3. The largest absolute Gasteiger partial charge is 0.383 e. The van der Waals surface area contributed by atoms with Crippen molar-refractivity contribution in [1.29, 1.82) is 0 Å². The molecule has 0 aliphatic heterocycles. The van der Waals surface area contributed by atoms with Crippen LogP contribution in [0.4, 0.5) is 0 Å². The van der Waals surface area contributed by atoms with Gasteiger partial charge in [0.25, 0.3) is 0 Å². The molecule has 0 amide bonds. The minimum absolute atomic E-state index is 0.271. The zero-order valence-corrected chi connectivity index (χ0v) is 13.5. The Labute approximate surface area is 122 Å². The highest BCUT2D eigenvalue weighted by Gasteiger charge is 2.18. The Bertz CT molecular complexity index is 391. The number of nitrogens with one attached hydrogen (secondary N) is 1. The van der Waals surface area contributed by atoms with Crippen molar-refractivity contribution in [2.45, 2.75) is 46.2 Å². The van der Waals surface area contributed by atoms with E-state index in [1.165, 1.54) is 17.0 Å². The summed E-state index contributed by atoms with van der Waals surface area (Å²) in [4.78, 5) is 0. The van der Waals surface area contributed by atoms with Crippen molar-refractivity contribution in [3.05, 3.63) is 17.0 Å². The van der Waals surface area contributed by atoms with Crippen LogP contribution >= 0.6 is 0 Å². The Morgan fingerprint density at radius 1 is 1.20 bits per heavy atom. The van der Waals surface area contributed by atoms with Crippen molar-refractivity contribution < 1.29 is 9.47 Å². The first-order chi connectivity index (χ1) is 9.69. The maximum atomic E-state index is 5.26. The van der Waals surface area contributed by atoms with Gasteiger partial charge in [-0.05, 0) is 19.8 Å². The molecule has 116 valence electrons. The molecule has 0 aliphatic rings. The SMILES string of the molecule is CCc1nn(C(C)COC)c(CC)c1CNCCOC. The number of nitrogens with zero attached hydrogens (tertiary/aromatic N) is 2. The fourth-order valence-corrected chi connectivity index (χ4v) is 2.48.